The number of hydrogen-bond donors (Lipinski definition) is 0. The van der Waals surface area contributed by atoms with Gasteiger partial charge in [-0.25, -0.2) is 0 Å². The van der Waals surface area contributed by atoms with Crippen molar-refractivity contribution in [1.82, 2.24) is 0 Å². The topological polar surface area (TPSA) is 6.48 Å². The molecule has 59 heavy (non-hydrogen) atoms. The molecule has 4 heteroatoms. The van der Waals surface area contributed by atoms with Crippen LogP contribution >= 0.6 is 0 Å². The maximum absolute atomic E-state index is 2.63. The number of para-hydroxylation sites is 2. The molecule has 0 bridgehead atoms. The Morgan fingerprint density at radius 2 is 0.881 bits per heavy atom. The molecule has 0 heterocycles. The summed E-state index contributed by atoms with van der Waals surface area (Å²) in [5.74, 6) is 0. The molecule has 0 N–H and O–H groups in total. The van der Waals surface area contributed by atoms with Crippen molar-refractivity contribution in [2.45, 2.75) is 71.6 Å². The monoisotopic (exact) mass is 800 g/mol. The van der Waals surface area contributed by atoms with Crippen LogP contribution in [0.4, 0.5) is 34.1 Å². The maximum Gasteiger partial charge on any atom is 0.0579 e. The van der Waals surface area contributed by atoms with Gasteiger partial charge in [0.2, 0.25) is 0 Å². The summed E-state index contributed by atoms with van der Waals surface area (Å²) in [7, 11) is -3.97. The van der Waals surface area contributed by atoms with Crippen molar-refractivity contribution in [2.24, 2.45) is 0 Å². The number of fused-ring (bicyclic) bond motifs is 6. The summed E-state index contributed by atoms with van der Waals surface area (Å²) in [4.78, 5) is 4.88. The smallest absolute Gasteiger partial charge is 0.0579 e. The molecule has 8 aromatic carbocycles. The van der Waals surface area contributed by atoms with Crippen LogP contribution in [0.1, 0.15) is 33.4 Å². The SMILES string of the molecule is Cc1ccc(C)c(N(c2ccccc2)c2ccc3cc4c(cc3c2)C([Si](C)(C)C)([Si](C)(C)C)c2c-4ccc3cc(N(c4ccccc4)c4cc(C)ccc4C)ccc23)c1. The molecule has 1 aliphatic carbocycles. The van der Waals surface area contributed by atoms with Gasteiger partial charge in [-0.15, -0.1) is 0 Å². The van der Waals surface area contributed by atoms with E-state index in [1.54, 1.807) is 11.1 Å². The van der Waals surface area contributed by atoms with Gasteiger partial charge in [0.15, 0.2) is 0 Å². The predicted molar refractivity (Wildman–Crippen MR) is 263 cm³/mol. The average molecular weight is 801 g/mol. The summed E-state index contributed by atoms with van der Waals surface area (Å²) in [5, 5.41) is 5.30. The minimum atomic E-state index is -1.98. The average Bonchev–Trinajstić information content (AvgIpc) is 3.52. The summed E-state index contributed by atoms with van der Waals surface area (Å²) in [6.45, 7) is 24.6. The van der Waals surface area contributed by atoms with Crippen molar-refractivity contribution >= 4 is 71.8 Å². The number of benzene rings is 8. The normalized spacial score (nSPS) is 13.4. The first-order chi connectivity index (χ1) is 28.2. The lowest BCUT2D eigenvalue weighted by Crippen LogP contribution is -2.63. The lowest BCUT2D eigenvalue weighted by molar-refractivity contribution is 0.964. The summed E-state index contributed by atoms with van der Waals surface area (Å²) in [6.07, 6.45) is 0. The summed E-state index contributed by atoms with van der Waals surface area (Å²) in [6, 6.07) is 59.7. The summed E-state index contributed by atoms with van der Waals surface area (Å²) >= 11 is 0. The van der Waals surface area contributed by atoms with E-state index in [-0.39, 0.29) is 4.66 Å². The highest BCUT2D eigenvalue weighted by molar-refractivity contribution is 7.00. The molecule has 8 aromatic rings. The lowest BCUT2D eigenvalue weighted by atomic mass is 9.97. The van der Waals surface area contributed by atoms with E-state index in [2.05, 4.69) is 235 Å². The van der Waals surface area contributed by atoms with Gasteiger partial charge >= 0.3 is 0 Å². The highest BCUT2D eigenvalue weighted by Crippen LogP contribution is 2.60. The lowest BCUT2D eigenvalue weighted by Gasteiger charge is -2.51. The maximum atomic E-state index is 2.63. The van der Waals surface area contributed by atoms with Gasteiger partial charge in [0, 0.05) is 38.8 Å². The number of nitrogens with zero attached hydrogens (tertiary/aromatic N) is 2. The first-order valence-electron chi connectivity index (χ1n) is 21.2. The molecule has 0 atom stereocenters. The number of aryl methyl sites for hydroxylation is 4. The van der Waals surface area contributed by atoms with Gasteiger partial charge < -0.3 is 9.80 Å². The molecule has 9 rings (SSSR count). The van der Waals surface area contributed by atoms with E-state index in [4.69, 9.17) is 0 Å². The first kappa shape index (κ1) is 38.8. The Hall–Kier alpha value is -5.69. The van der Waals surface area contributed by atoms with Crippen LogP contribution in [0.15, 0.2) is 158 Å². The van der Waals surface area contributed by atoms with E-state index in [1.165, 1.54) is 89.0 Å². The van der Waals surface area contributed by atoms with Gasteiger partial charge in [0.25, 0.3) is 0 Å². The Bertz CT molecular complexity index is 2890. The van der Waals surface area contributed by atoms with E-state index >= 15 is 0 Å². The van der Waals surface area contributed by atoms with E-state index in [0.717, 1.165) is 0 Å². The fourth-order valence-electron chi connectivity index (χ4n) is 10.8. The Morgan fingerprint density at radius 1 is 0.390 bits per heavy atom. The molecule has 0 aliphatic heterocycles. The van der Waals surface area contributed by atoms with Crippen LogP contribution in [-0.2, 0) is 4.66 Å². The van der Waals surface area contributed by atoms with Crippen molar-refractivity contribution in [1.29, 1.82) is 0 Å². The molecule has 2 nitrogen and oxygen atoms in total. The minimum absolute atomic E-state index is 0.0195. The van der Waals surface area contributed by atoms with Crippen LogP contribution in [0.3, 0.4) is 0 Å². The second-order valence-corrected chi connectivity index (χ2v) is 30.0. The Labute approximate surface area is 353 Å². The molecule has 0 fully saturated rings. The van der Waals surface area contributed by atoms with Gasteiger partial charge in [-0.1, -0.05) is 130 Å². The molecule has 0 unspecified atom stereocenters. The van der Waals surface area contributed by atoms with Crippen molar-refractivity contribution in [3.05, 3.63) is 191 Å². The zero-order chi connectivity index (χ0) is 41.4. The standard InChI is InChI=1S/C55H56N2Si2/c1-37-21-23-39(3)52(31-37)56(44-17-13-11-14-18-44)46-27-25-41-35-50-49-29-26-42-33-47(57(45-19-15-12-16-20-45)53-32-38(2)22-24-40(53)4)28-30-48(42)54(49)55(58(5,6)7,59(8,9)10)51(50)36-43(41)34-46/h11-36H,1-10H3. The van der Waals surface area contributed by atoms with Gasteiger partial charge in [0.1, 0.15) is 0 Å². The third kappa shape index (κ3) is 6.27. The Kier molecular flexibility index (Phi) is 9.37. The highest BCUT2D eigenvalue weighted by atomic mass is 28.4. The van der Waals surface area contributed by atoms with Gasteiger partial charge in [-0.3, -0.25) is 0 Å². The number of anilines is 6. The zero-order valence-corrected chi connectivity index (χ0v) is 38.4. The van der Waals surface area contributed by atoms with Crippen LogP contribution in [0, 0.1) is 27.7 Å². The van der Waals surface area contributed by atoms with Gasteiger partial charge in [-0.05, 0) is 160 Å². The van der Waals surface area contributed by atoms with Crippen molar-refractivity contribution < 1.29 is 0 Å². The third-order valence-electron chi connectivity index (χ3n) is 13.0. The summed E-state index contributed by atoms with van der Waals surface area (Å²) in [5.41, 5.74) is 18.2. The minimum Gasteiger partial charge on any atom is -0.310 e. The van der Waals surface area contributed by atoms with Crippen molar-refractivity contribution in [3.63, 3.8) is 0 Å². The van der Waals surface area contributed by atoms with E-state index < -0.39 is 16.1 Å². The fraction of sp³-hybridized carbons (Fsp3) is 0.200. The second kappa shape index (κ2) is 14.3. The molecule has 0 saturated heterocycles. The largest absolute Gasteiger partial charge is 0.310 e. The third-order valence-corrected chi connectivity index (χ3v) is 23.1. The molecule has 294 valence electrons. The van der Waals surface area contributed by atoms with Crippen LogP contribution < -0.4 is 9.80 Å². The molecule has 0 aromatic heterocycles. The molecule has 0 spiro atoms. The molecule has 0 amide bonds. The number of rotatable bonds is 8. The van der Waals surface area contributed by atoms with Gasteiger partial charge in [0.05, 0.1) is 16.1 Å². The fourth-order valence-corrected chi connectivity index (χ4v) is 23.9. The molecule has 0 radical (unpaired) electrons. The van der Waals surface area contributed by atoms with Crippen LogP contribution in [0.5, 0.6) is 0 Å². The molecular formula is C55H56N2Si2. The van der Waals surface area contributed by atoms with E-state index in [0.29, 0.717) is 0 Å². The highest BCUT2D eigenvalue weighted by Gasteiger charge is 2.59. The van der Waals surface area contributed by atoms with Crippen LogP contribution in [0.2, 0.25) is 39.3 Å². The van der Waals surface area contributed by atoms with Crippen molar-refractivity contribution in [2.75, 3.05) is 9.80 Å². The summed E-state index contributed by atoms with van der Waals surface area (Å²) < 4.78 is -0.0195. The Morgan fingerprint density at radius 3 is 1.41 bits per heavy atom. The van der Waals surface area contributed by atoms with Crippen molar-refractivity contribution in [3.8, 4) is 11.1 Å². The van der Waals surface area contributed by atoms with Crippen LogP contribution in [0.25, 0.3) is 32.7 Å². The first-order valence-corrected chi connectivity index (χ1v) is 28.2. The predicted octanol–water partition coefficient (Wildman–Crippen LogP) is 16.2. The molecule has 0 saturated carbocycles. The zero-order valence-electron chi connectivity index (χ0n) is 36.4. The molecular weight excluding hydrogens is 745 g/mol. The Balaban J connectivity index is 1.27. The quantitative estimate of drug-likeness (QED) is 0.141. The molecule has 1 aliphatic rings. The van der Waals surface area contributed by atoms with Crippen LogP contribution in [-0.4, -0.2) is 16.1 Å². The van der Waals surface area contributed by atoms with Gasteiger partial charge in [-0.2, -0.15) is 0 Å². The second-order valence-electron chi connectivity index (χ2n) is 19.0. The van der Waals surface area contributed by atoms with E-state index in [1.807, 2.05) is 0 Å². The van der Waals surface area contributed by atoms with E-state index in [9.17, 15) is 0 Å². The number of hydrogen-bond acceptors (Lipinski definition) is 2.